The number of amides is 1. The van der Waals surface area contributed by atoms with E-state index in [2.05, 4.69) is 20.2 Å². The molecule has 1 N–H and O–H groups in total. The molecule has 2 aromatic rings. The van der Waals surface area contributed by atoms with E-state index in [0.29, 0.717) is 12.1 Å². The minimum atomic E-state index is -0.0723. The van der Waals surface area contributed by atoms with Gasteiger partial charge in [0, 0.05) is 37.1 Å². The van der Waals surface area contributed by atoms with Gasteiger partial charge in [0.15, 0.2) is 0 Å². The van der Waals surface area contributed by atoms with Gasteiger partial charge in [0.05, 0.1) is 6.10 Å². The number of ether oxygens (including phenoxy) is 1. The van der Waals surface area contributed by atoms with Crippen molar-refractivity contribution in [2.75, 3.05) is 18.0 Å². The number of rotatable bonds is 6. The Kier molecular flexibility index (Phi) is 5.48. The summed E-state index contributed by atoms with van der Waals surface area (Å²) in [5, 5.41) is 3.02. The van der Waals surface area contributed by atoms with E-state index in [1.165, 1.54) is 0 Å². The number of hydrogen-bond donors (Lipinski definition) is 1. The van der Waals surface area contributed by atoms with Crippen molar-refractivity contribution >= 4 is 11.9 Å². The molecule has 0 saturated carbocycles. The van der Waals surface area contributed by atoms with Gasteiger partial charge in [-0.05, 0) is 57.0 Å². The first-order valence-corrected chi connectivity index (χ1v) is 8.72. The molecule has 1 aliphatic rings. The number of aromatic nitrogens is 2. The maximum absolute atomic E-state index is 12.4. The first-order valence-electron chi connectivity index (χ1n) is 8.72. The zero-order valence-corrected chi connectivity index (χ0v) is 14.7. The van der Waals surface area contributed by atoms with Gasteiger partial charge in [0.25, 0.3) is 5.91 Å². The van der Waals surface area contributed by atoms with Crippen LogP contribution in [0.5, 0.6) is 5.75 Å². The average Bonchev–Trinajstić information content (AvgIpc) is 3.09. The lowest BCUT2D eigenvalue weighted by Gasteiger charge is -2.24. The molecule has 1 aliphatic heterocycles. The summed E-state index contributed by atoms with van der Waals surface area (Å²) in [5.74, 6) is 1.43. The summed E-state index contributed by atoms with van der Waals surface area (Å²) in [6.07, 6.45) is 5.72. The molecule has 0 aliphatic carbocycles. The monoisotopic (exact) mass is 340 g/mol. The first-order chi connectivity index (χ1) is 12.1. The molecule has 3 rings (SSSR count). The van der Waals surface area contributed by atoms with Crippen LogP contribution in [-0.2, 0) is 0 Å². The van der Waals surface area contributed by atoms with Crippen molar-refractivity contribution in [1.82, 2.24) is 15.3 Å². The summed E-state index contributed by atoms with van der Waals surface area (Å²) in [6.45, 7) is 5.46. The van der Waals surface area contributed by atoms with Crippen molar-refractivity contribution in [3.63, 3.8) is 0 Å². The predicted molar refractivity (Wildman–Crippen MR) is 96.9 cm³/mol. The Hall–Kier alpha value is -2.63. The molecule has 0 bridgehead atoms. The van der Waals surface area contributed by atoms with Crippen LogP contribution in [0.15, 0.2) is 42.7 Å². The largest absolute Gasteiger partial charge is 0.491 e. The average molecular weight is 340 g/mol. The second kappa shape index (κ2) is 7.96. The minimum absolute atomic E-state index is 0.0723. The van der Waals surface area contributed by atoms with Crippen LogP contribution in [-0.4, -0.2) is 41.1 Å². The molecule has 1 aromatic carbocycles. The normalized spacial score (nSPS) is 16.9. The summed E-state index contributed by atoms with van der Waals surface area (Å²) in [4.78, 5) is 23.2. The molecule has 132 valence electrons. The SMILES string of the molecule is CC(C)Oc1ccc(C(=O)NC[C@H]2CCCN2c2ncccn2)cc1. The van der Waals surface area contributed by atoms with Crippen molar-refractivity contribution in [1.29, 1.82) is 0 Å². The van der Waals surface area contributed by atoms with Crippen LogP contribution in [0.4, 0.5) is 5.95 Å². The summed E-state index contributed by atoms with van der Waals surface area (Å²) in [7, 11) is 0. The van der Waals surface area contributed by atoms with Crippen LogP contribution in [0.25, 0.3) is 0 Å². The maximum Gasteiger partial charge on any atom is 0.251 e. The molecule has 1 amide bonds. The number of carbonyl (C=O) groups is 1. The second-order valence-electron chi connectivity index (χ2n) is 6.44. The third kappa shape index (κ3) is 4.47. The van der Waals surface area contributed by atoms with Gasteiger partial charge in [-0.3, -0.25) is 4.79 Å². The molecule has 1 fully saturated rings. The van der Waals surface area contributed by atoms with E-state index in [0.717, 1.165) is 31.1 Å². The molecule has 6 heteroatoms. The zero-order valence-electron chi connectivity index (χ0n) is 14.7. The van der Waals surface area contributed by atoms with Crippen LogP contribution < -0.4 is 15.0 Å². The molecule has 1 saturated heterocycles. The summed E-state index contributed by atoms with van der Waals surface area (Å²) >= 11 is 0. The maximum atomic E-state index is 12.4. The third-order valence-electron chi connectivity index (χ3n) is 4.17. The lowest BCUT2D eigenvalue weighted by Crippen LogP contribution is -2.41. The van der Waals surface area contributed by atoms with Crippen LogP contribution in [0.3, 0.4) is 0 Å². The van der Waals surface area contributed by atoms with Crippen molar-refractivity contribution in [2.45, 2.75) is 38.8 Å². The highest BCUT2D eigenvalue weighted by Crippen LogP contribution is 2.21. The number of anilines is 1. The Labute approximate surface area is 148 Å². The molecule has 0 unspecified atom stereocenters. The number of benzene rings is 1. The lowest BCUT2D eigenvalue weighted by molar-refractivity contribution is 0.0951. The smallest absolute Gasteiger partial charge is 0.251 e. The van der Waals surface area contributed by atoms with Crippen LogP contribution >= 0.6 is 0 Å². The molecular formula is C19H24N4O2. The molecule has 1 aromatic heterocycles. The van der Waals surface area contributed by atoms with Gasteiger partial charge in [-0.2, -0.15) is 0 Å². The predicted octanol–water partition coefficient (Wildman–Crippen LogP) is 2.66. The fraction of sp³-hybridized carbons (Fsp3) is 0.421. The molecule has 2 heterocycles. The number of hydrogen-bond acceptors (Lipinski definition) is 5. The number of nitrogens with zero attached hydrogens (tertiary/aromatic N) is 3. The summed E-state index contributed by atoms with van der Waals surface area (Å²) in [6, 6.07) is 9.28. The summed E-state index contributed by atoms with van der Waals surface area (Å²) in [5.41, 5.74) is 0.636. The highest BCUT2D eigenvalue weighted by Gasteiger charge is 2.26. The third-order valence-corrected chi connectivity index (χ3v) is 4.17. The highest BCUT2D eigenvalue weighted by molar-refractivity contribution is 5.94. The van der Waals surface area contributed by atoms with E-state index in [-0.39, 0.29) is 18.1 Å². The molecule has 25 heavy (non-hydrogen) atoms. The van der Waals surface area contributed by atoms with E-state index in [9.17, 15) is 4.79 Å². The van der Waals surface area contributed by atoms with Gasteiger partial charge in [-0.1, -0.05) is 0 Å². The lowest BCUT2D eigenvalue weighted by atomic mass is 10.2. The highest BCUT2D eigenvalue weighted by atomic mass is 16.5. The van der Waals surface area contributed by atoms with Crippen molar-refractivity contribution in [3.05, 3.63) is 48.3 Å². The van der Waals surface area contributed by atoms with Crippen LogP contribution in [0, 0.1) is 0 Å². The molecule has 0 spiro atoms. The molecule has 1 atom stereocenters. The van der Waals surface area contributed by atoms with Crippen LogP contribution in [0.1, 0.15) is 37.0 Å². The van der Waals surface area contributed by atoms with E-state index in [1.807, 2.05) is 32.0 Å². The van der Waals surface area contributed by atoms with Crippen molar-refractivity contribution < 1.29 is 9.53 Å². The van der Waals surface area contributed by atoms with E-state index in [1.54, 1.807) is 24.5 Å². The first kappa shape index (κ1) is 17.2. The van der Waals surface area contributed by atoms with Gasteiger partial charge in [-0.15, -0.1) is 0 Å². The molecule has 0 radical (unpaired) electrons. The standard InChI is InChI=1S/C19H24N4O2/c1-14(2)25-17-8-6-15(7-9-17)18(24)22-13-16-5-3-12-23(16)19-20-10-4-11-21-19/h4,6-11,14,16H,3,5,12-13H2,1-2H3,(H,22,24)/t16-/m1/s1. The fourth-order valence-corrected chi connectivity index (χ4v) is 3.02. The van der Waals surface area contributed by atoms with Gasteiger partial charge >= 0.3 is 0 Å². The van der Waals surface area contributed by atoms with Crippen LogP contribution in [0.2, 0.25) is 0 Å². The quantitative estimate of drug-likeness (QED) is 0.876. The Morgan fingerprint density at radius 2 is 2.00 bits per heavy atom. The fourth-order valence-electron chi connectivity index (χ4n) is 3.02. The Bertz CT molecular complexity index is 688. The van der Waals surface area contributed by atoms with Gasteiger partial charge in [0.2, 0.25) is 5.95 Å². The summed E-state index contributed by atoms with van der Waals surface area (Å²) < 4.78 is 5.60. The topological polar surface area (TPSA) is 67.3 Å². The Balaban J connectivity index is 1.56. The molecular weight excluding hydrogens is 316 g/mol. The number of carbonyl (C=O) groups excluding carboxylic acids is 1. The van der Waals surface area contributed by atoms with Gasteiger partial charge in [-0.25, -0.2) is 9.97 Å². The van der Waals surface area contributed by atoms with Crippen molar-refractivity contribution in [2.24, 2.45) is 0 Å². The number of nitrogens with one attached hydrogen (secondary N) is 1. The van der Waals surface area contributed by atoms with E-state index in [4.69, 9.17) is 4.74 Å². The van der Waals surface area contributed by atoms with Gasteiger partial charge in [0.1, 0.15) is 5.75 Å². The zero-order chi connectivity index (χ0) is 17.6. The Morgan fingerprint density at radius 1 is 1.28 bits per heavy atom. The Morgan fingerprint density at radius 3 is 2.68 bits per heavy atom. The minimum Gasteiger partial charge on any atom is -0.491 e. The second-order valence-corrected chi connectivity index (χ2v) is 6.44. The van der Waals surface area contributed by atoms with E-state index < -0.39 is 0 Å². The van der Waals surface area contributed by atoms with Crippen molar-refractivity contribution in [3.8, 4) is 5.75 Å². The van der Waals surface area contributed by atoms with E-state index >= 15 is 0 Å². The van der Waals surface area contributed by atoms with Gasteiger partial charge < -0.3 is 15.0 Å². The molecule has 6 nitrogen and oxygen atoms in total.